The highest BCUT2D eigenvalue weighted by Crippen LogP contribution is 2.25. The Balaban J connectivity index is 1.85. The molecule has 2 aromatic rings. The first-order chi connectivity index (χ1) is 13.7. The van der Waals surface area contributed by atoms with Gasteiger partial charge in [0, 0.05) is 32.7 Å². The Morgan fingerprint density at radius 2 is 1.62 bits per heavy atom. The summed E-state index contributed by atoms with van der Waals surface area (Å²) < 4.78 is 25.5. The summed E-state index contributed by atoms with van der Waals surface area (Å²) in [5.41, 5.74) is 2.05. The van der Waals surface area contributed by atoms with E-state index in [-0.39, 0.29) is 10.8 Å². The summed E-state index contributed by atoms with van der Waals surface area (Å²) in [6, 6.07) is 11.1. The minimum Gasteiger partial charge on any atom is -0.339 e. The van der Waals surface area contributed by atoms with Crippen molar-refractivity contribution in [3.05, 3.63) is 59.2 Å². The lowest BCUT2D eigenvalue weighted by Gasteiger charge is -2.19. The zero-order valence-corrected chi connectivity index (χ0v) is 17.6. The fourth-order valence-corrected chi connectivity index (χ4v) is 4.18. The molecule has 0 bridgehead atoms. The highest BCUT2D eigenvalue weighted by molar-refractivity contribution is 7.89. The fourth-order valence-electron chi connectivity index (χ4n) is 3.28. The molecule has 0 unspecified atom stereocenters. The van der Waals surface area contributed by atoms with Crippen molar-refractivity contribution in [2.45, 2.75) is 24.7 Å². The lowest BCUT2D eigenvalue weighted by atomic mass is 10.1. The largest absolute Gasteiger partial charge is 0.339 e. The van der Waals surface area contributed by atoms with Crippen LogP contribution in [0.4, 0.5) is 5.69 Å². The zero-order chi connectivity index (χ0) is 21.2. The molecule has 2 amide bonds. The number of para-hydroxylation sites is 1. The molecule has 3 rings (SSSR count). The van der Waals surface area contributed by atoms with Gasteiger partial charge in [0.2, 0.25) is 10.0 Å². The van der Waals surface area contributed by atoms with Crippen LogP contribution in [0.15, 0.2) is 47.4 Å². The topological polar surface area (TPSA) is 86.8 Å². The Bertz CT molecular complexity index is 1020. The minimum atomic E-state index is -3.56. The average Bonchev–Trinajstić information content (AvgIpc) is 3.23. The smallest absolute Gasteiger partial charge is 0.255 e. The molecule has 0 atom stereocenters. The van der Waals surface area contributed by atoms with E-state index in [4.69, 9.17) is 0 Å². The van der Waals surface area contributed by atoms with E-state index in [0.717, 1.165) is 35.8 Å². The van der Waals surface area contributed by atoms with Crippen LogP contribution in [-0.2, 0) is 10.0 Å². The van der Waals surface area contributed by atoms with Crippen molar-refractivity contribution in [3.63, 3.8) is 0 Å². The second-order valence-corrected chi connectivity index (χ2v) is 9.41. The van der Waals surface area contributed by atoms with Crippen molar-refractivity contribution in [3.8, 4) is 0 Å². The summed E-state index contributed by atoms with van der Waals surface area (Å²) in [6.45, 7) is 3.28. The van der Waals surface area contributed by atoms with Crippen molar-refractivity contribution in [1.29, 1.82) is 0 Å². The van der Waals surface area contributed by atoms with E-state index < -0.39 is 15.9 Å². The Morgan fingerprint density at radius 1 is 1.00 bits per heavy atom. The van der Waals surface area contributed by atoms with E-state index in [1.165, 1.54) is 38.4 Å². The van der Waals surface area contributed by atoms with Crippen LogP contribution in [0.5, 0.6) is 0 Å². The average molecular weight is 416 g/mol. The maximum Gasteiger partial charge on any atom is 0.255 e. The molecule has 1 aliphatic heterocycles. The molecule has 1 saturated heterocycles. The van der Waals surface area contributed by atoms with E-state index in [1.807, 2.05) is 13.0 Å². The first kappa shape index (κ1) is 21.0. The maximum absolute atomic E-state index is 12.9. The van der Waals surface area contributed by atoms with Gasteiger partial charge in [0.15, 0.2) is 0 Å². The fraction of sp³-hybridized carbons (Fsp3) is 0.333. The number of hydrogen-bond donors (Lipinski definition) is 1. The number of nitrogens with zero attached hydrogens (tertiary/aromatic N) is 2. The van der Waals surface area contributed by atoms with E-state index in [9.17, 15) is 18.0 Å². The molecule has 29 heavy (non-hydrogen) atoms. The molecule has 0 spiro atoms. The van der Waals surface area contributed by atoms with E-state index in [2.05, 4.69) is 5.32 Å². The Hall–Kier alpha value is -2.71. The van der Waals surface area contributed by atoms with Crippen LogP contribution in [0.2, 0.25) is 0 Å². The maximum atomic E-state index is 12.9. The van der Waals surface area contributed by atoms with Gasteiger partial charge in [-0.3, -0.25) is 9.59 Å². The summed E-state index contributed by atoms with van der Waals surface area (Å²) in [4.78, 5) is 27.5. The lowest BCUT2D eigenvalue weighted by molar-refractivity contribution is 0.0793. The first-order valence-corrected chi connectivity index (χ1v) is 10.9. The highest BCUT2D eigenvalue weighted by Gasteiger charge is 2.24. The van der Waals surface area contributed by atoms with E-state index >= 15 is 0 Å². The molecule has 7 nitrogen and oxygen atoms in total. The third-order valence-electron chi connectivity index (χ3n) is 5.03. The number of hydrogen-bond acceptors (Lipinski definition) is 4. The van der Waals surface area contributed by atoms with Gasteiger partial charge >= 0.3 is 0 Å². The zero-order valence-electron chi connectivity index (χ0n) is 16.8. The molecule has 1 N–H and O–H groups in total. The summed E-state index contributed by atoms with van der Waals surface area (Å²) in [7, 11) is -0.658. The molecule has 0 saturated carbocycles. The van der Waals surface area contributed by atoms with Gasteiger partial charge < -0.3 is 10.2 Å². The SMILES string of the molecule is Cc1cccc(C(=O)N2CCCC2)c1NC(=O)c1ccc(S(=O)(=O)N(C)C)cc1. The third kappa shape index (κ3) is 4.33. The van der Waals surface area contributed by atoms with Crippen molar-refractivity contribution < 1.29 is 18.0 Å². The van der Waals surface area contributed by atoms with Gasteiger partial charge in [0.25, 0.3) is 11.8 Å². The summed E-state index contributed by atoms with van der Waals surface area (Å²) in [5, 5.41) is 2.83. The van der Waals surface area contributed by atoms with Gasteiger partial charge in [-0.1, -0.05) is 12.1 Å². The number of anilines is 1. The Morgan fingerprint density at radius 3 is 2.21 bits per heavy atom. The number of amides is 2. The van der Waals surface area contributed by atoms with Crippen LogP contribution in [0.25, 0.3) is 0 Å². The predicted molar refractivity (Wildman–Crippen MR) is 112 cm³/mol. The lowest BCUT2D eigenvalue weighted by Crippen LogP contribution is -2.29. The normalized spacial score (nSPS) is 14.3. The standard InChI is InChI=1S/C21H25N3O4S/c1-15-7-6-8-18(21(26)24-13-4-5-14-24)19(15)22-20(25)16-9-11-17(12-10-16)29(27,28)23(2)3/h6-12H,4-5,13-14H2,1-3H3,(H,22,25). The molecule has 1 aliphatic rings. The van der Waals surface area contributed by atoms with Gasteiger partial charge in [-0.05, 0) is 55.7 Å². The molecule has 8 heteroatoms. The van der Waals surface area contributed by atoms with E-state index in [0.29, 0.717) is 16.8 Å². The number of carbonyl (C=O) groups excluding carboxylic acids is 2. The molecule has 2 aromatic carbocycles. The number of benzene rings is 2. The third-order valence-corrected chi connectivity index (χ3v) is 6.86. The van der Waals surface area contributed by atoms with Crippen molar-refractivity contribution >= 4 is 27.5 Å². The van der Waals surface area contributed by atoms with Crippen molar-refractivity contribution in [2.75, 3.05) is 32.5 Å². The second-order valence-electron chi connectivity index (χ2n) is 7.26. The van der Waals surface area contributed by atoms with Crippen LogP contribution in [0.1, 0.15) is 39.1 Å². The molecular formula is C21H25N3O4S. The van der Waals surface area contributed by atoms with Crippen molar-refractivity contribution in [2.24, 2.45) is 0 Å². The van der Waals surface area contributed by atoms with Gasteiger partial charge in [-0.15, -0.1) is 0 Å². The Kier molecular flexibility index (Phi) is 6.04. The predicted octanol–water partition coefficient (Wildman–Crippen LogP) is 2.73. The monoisotopic (exact) mass is 415 g/mol. The molecule has 1 heterocycles. The number of aryl methyl sites for hydroxylation is 1. The van der Waals surface area contributed by atoms with Crippen LogP contribution >= 0.6 is 0 Å². The van der Waals surface area contributed by atoms with Gasteiger partial charge in [0.1, 0.15) is 0 Å². The van der Waals surface area contributed by atoms with Crippen LogP contribution in [-0.4, -0.2) is 56.6 Å². The number of rotatable bonds is 5. The Labute approximate surface area is 171 Å². The summed E-state index contributed by atoms with van der Waals surface area (Å²) >= 11 is 0. The molecular weight excluding hydrogens is 390 g/mol. The quantitative estimate of drug-likeness (QED) is 0.814. The van der Waals surface area contributed by atoms with Gasteiger partial charge in [-0.25, -0.2) is 12.7 Å². The van der Waals surface area contributed by atoms with E-state index in [1.54, 1.807) is 17.0 Å². The van der Waals surface area contributed by atoms with Gasteiger partial charge in [-0.2, -0.15) is 0 Å². The number of carbonyl (C=O) groups is 2. The summed E-state index contributed by atoms with van der Waals surface area (Å²) in [6.07, 6.45) is 1.98. The van der Waals surface area contributed by atoms with Crippen LogP contribution in [0, 0.1) is 6.92 Å². The second kappa shape index (κ2) is 8.34. The molecule has 0 aliphatic carbocycles. The number of sulfonamides is 1. The van der Waals surface area contributed by atoms with Crippen molar-refractivity contribution in [1.82, 2.24) is 9.21 Å². The molecule has 154 valence electrons. The minimum absolute atomic E-state index is 0.0890. The molecule has 0 aromatic heterocycles. The van der Waals surface area contributed by atoms with Crippen LogP contribution in [0.3, 0.4) is 0 Å². The molecule has 0 radical (unpaired) electrons. The first-order valence-electron chi connectivity index (χ1n) is 9.44. The van der Waals surface area contributed by atoms with Gasteiger partial charge in [0.05, 0.1) is 16.1 Å². The molecule has 1 fully saturated rings. The van der Waals surface area contributed by atoms with Crippen LogP contribution < -0.4 is 5.32 Å². The summed E-state index contributed by atoms with van der Waals surface area (Å²) in [5.74, 6) is -0.488. The number of nitrogens with one attached hydrogen (secondary N) is 1. The highest BCUT2D eigenvalue weighted by atomic mass is 32.2. The number of likely N-dealkylation sites (tertiary alicyclic amines) is 1.